The van der Waals surface area contributed by atoms with E-state index in [1.165, 1.54) is 92.6 Å². The van der Waals surface area contributed by atoms with Gasteiger partial charge in [-0.2, -0.15) is 0 Å². The van der Waals surface area contributed by atoms with Crippen molar-refractivity contribution in [1.82, 2.24) is 0 Å². The average molecular weight is 832 g/mol. The van der Waals surface area contributed by atoms with Crippen LogP contribution in [0.2, 0.25) is 0 Å². The minimum Gasteiger partial charge on any atom is -0.308 e. The lowest BCUT2D eigenvalue weighted by molar-refractivity contribution is 0.768. The Kier molecular flexibility index (Phi) is 8.28. The second-order valence-electron chi connectivity index (χ2n) is 17.1. The molecule has 0 amide bonds. The Morgan fingerprint density at radius 2 is 0.766 bits per heavy atom. The maximum absolute atomic E-state index is 2.52. The summed E-state index contributed by atoms with van der Waals surface area (Å²) >= 11 is 1.91. The van der Waals surface area contributed by atoms with Crippen molar-refractivity contribution in [1.29, 1.82) is 0 Å². The minimum atomic E-state index is -0.501. The summed E-state index contributed by atoms with van der Waals surface area (Å²) in [6.45, 7) is 0. The van der Waals surface area contributed by atoms with Crippen LogP contribution in [0, 0.1) is 0 Å². The Bertz CT molecular complexity index is 3470. The van der Waals surface area contributed by atoms with Gasteiger partial charge in [0.1, 0.15) is 0 Å². The molecule has 0 saturated heterocycles. The van der Waals surface area contributed by atoms with E-state index in [1.54, 1.807) is 0 Å². The molecule has 2 aliphatic carbocycles. The van der Waals surface area contributed by atoms with Crippen molar-refractivity contribution in [2.75, 3.05) is 4.90 Å². The van der Waals surface area contributed by atoms with Gasteiger partial charge in [-0.05, 0) is 91.5 Å². The maximum Gasteiger partial charge on any atom is 0.0714 e. The first-order chi connectivity index (χ1) is 31.8. The number of thiophene rings is 1. The van der Waals surface area contributed by atoms with Gasteiger partial charge in [0, 0.05) is 26.7 Å². The fraction of sp³-hybridized carbons (Fsp3) is 0.0323. The zero-order valence-corrected chi connectivity index (χ0v) is 35.8. The summed E-state index contributed by atoms with van der Waals surface area (Å²) in [6, 6.07) is 92.5. The molecule has 64 heavy (non-hydrogen) atoms. The third-order valence-corrected chi connectivity index (χ3v) is 15.2. The summed E-state index contributed by atoms with van der Waals surface area (Å²) < 4.78 is 2.54. The Balaban J connectivity index is 1.07. The predicted octanol–water partition coefficient (Wildman–Crippen LogP) is 16.3. The molecule has 0 N–H and O–H groups in total. The van der Waals surface area contributed by atoms with Gasteiger partial charge in [0.15, 0.2) is 0 Å². The van der Waals surface area contributed by atoms with Crippen LogP contribution in [0.1, 0.15) is 44.5 Å². The van der Waals surface area contributed by atoms with Gasteiger partial charge < -0.3 is 4.90 Å². The van der Waals surface area contributed by atoms with Crippen LogP contribution in [0.5, 0.6) is 0 Å². The highest BCUT2D eigenvalue weighted by atomic mass is 32.1. The number of fused-ring (bicyclic) bond motifs is 9. The topological polar surface area (TPSA) is 3.24 Å². The van der Waals surface area contributed by atoms with Crippen molar-refractivity contribution >= 4 is 48.6 Å². The largest absolute Gasteiger partial charge is 0.308 e. The third kappa shape index (κ3) is 5.06. The molecule has 0 fully saturated rings. The highest BCUT2D eigenvalue weighted by Gasteiger charge is 2.48. The highest BCUT2D eigenvalue weighted by Crippen LogP contribution is 2.61. The van der Waals surface area contributed by atoms with Crippen molar-refractivity contribution in [2.24, 2.45) is 0 Å². The van der Waals surface area contributed by atoms with Crippen LogP contribution in [-0.4, -0.2) is 0 Å². The molecule has 0 aliphatic heterocycles. The average Bonchev–Trinajstić information content (AvgIpc) is 4.01. The molecule has 0 bridgehead atoms. The molecule has 13 rings (SSSR count). The molecule has 10 aromatic carbocycles. The lowest BCUT2D eigenvalue weighted by Crippen LogP contribution is -2.28. The molecule has 0 radical (unpaired) electrons. The molecule has 1 aromatic heterocycles. The van der Waals surface area contributed by atoms with Crippen molar-refractivity contribution < 1.29 is 0 Å². The van der Waals surface area contributed by atoms with E-state index in [0.29, 0.717) is 0 Å². The molecule has 2 heteroatoms. The van der Waals surface area contributed by atoms with Crippen LogP contribution < -0.4 is 4.90 Å². The van der Waals surface area contributed by atoms with Gasteiger partial charge in [-0.3, -0.25) is 0 Å². The van der Waals surface area contributed by atoms with Gasteiger partial charge in [0.2, 0.25) is 0 Å². The lowest BCUT2D eigenvalue weighted by Gasteiger charge is -2.34. The number of benzene rings is 10. The number of hydrogen-bond donors (Lipinski definition) is 0. The summed E-state index contributed by atoms with van der Waals surface area (Å²) in [4.78, 5) is 2.52. The molecule has 0 spiro atoms. The minimum absolute atomic E-state index is 0.459. The van der Waals surface area contributed by atoms with E-state index in [4.69, 9.17) is 0 Å². The van der Waals surface area contributed by atoms with Crippen molar-refractivity contribution in [3.8, 4) is 22.3 Å². The molecule has 11 aromatic rings. The normalized spacial score (nSPS) is 13.9. The van der Waals surface area contributed by atoms with Crippen molar-refractivity contribution in [3.63, 3.8) is 0 Å². The van der Waals surface area contributed by atoms with Crippen LogP contribution in [0.4, 0.5) is 17.1 Å². The number of hydrogen-bond acceptors (Lipinski definition) is 2. The number of nitrogens with zero attached hydrogens (tertiary/aromatic N) is 1. The second-order valence-corrected chi connectivity index (χ2v) is 18.1. The Morgan fingerprint density at radius 1 is 0.312 bits per heavy atom. The SMILES string of the molecule is c1ccc(N(c2cccc3c2-c2ccccc2C3(c2ccccc2)c2ccccc2)c2cccc3c2sc2cc(C4(c5ccccc5)c5ccccc5-c5ccccc54)ccc23)cc1. The van der Waals surface area contributed by atoms with E-state index < -0.39 is 10.8 Å². The molecule has 2 aliphatic rings. The lowest BCUT2D eigenvalue weighted by atomic mass is 9.67. The molecule has 0 unspecified atom stereocenters. The van der Waals surface area contributed by atoms with E-state index in [-0.39, 0.29) is 0 Å². The fourth-order valence-electron chi connectivity index (χ4n) is 11.5. The van der Waals surface area contributed by atoms with Gasteiger partial charge in [-0.1, -0.05) is 218 Å². The molecule has 300 valence electrons. The molecule has 0 saturated carbocycles. The van der Waals surface area contributed by atoms with Crippen LogP contribution in [0.15, 0.2) is 249 Å². The zero-order valence-electron chi connectivity index (χ0n) is 35.0. The van der Waals surface area contributed by atoms with Gasteiger partial charge in [-0.25, -0.2) is 0 Å². The van der Waals surface area contributed by atoms with E-state index in [2.05, 4.69) is 254 Å². The first-order valence-electron chi connectivity index (χ1n) is 22.2. The van der Waals surface area contributed by atoms with E-state index in [0.717, 1.165) is 11.4 Å². The van der Waals surface area contributed by atoms with Crippen LogP contribution in [-0.2, 0) is 10.8 Å². The monoisotopic (exact) mass is 831 g/mol. The molecule has 0 atom stereocenters. The summed E-state index contributed by atoms with van der Waals surface area (Å²) in [6.07, 6.45) is 0. The number of anilines is 3. The fourth-order valence-corrected chi connectivity index (χ4v) is 12.8. The first-order valence-corrected chi connectivity index (χ1v) is 23.0. The van der Waals surface area contributed by atoms with E-state index in [9.17, 15) is 0 Å². The summed E-state index contributed by atoms with van der Waals surface area (Å²) in [7, 11) is 0. The van der Waals surface area contributed by atoms with Crippen LogP contribution in [0.25, 0.3) is 42.4 Å². The molecular weight excluding hydrogens is 791 g/mol. The van der Waals surface area contributed by atoms with E-state index >= 15 is 0 Å². The summed E-state index contributed by atoms with van der Waals surface area (Å²) in [5, 5.41) is 2.54. The van der Waals surface area contributed by atoms with Crippen LogP contribution in [0.3, 0.4) is 0 Å². The molecule has 1 nitrogen and oxygen atoms in total. The predicted molar refractivity (Wildman–Crippen MR) is 269 cm³/mol. The van der Waals surface area contributed by atoms with Gasteiger partial charge in [-0.15, -0.1) is 11.3 Å². The quantitative estimate of drug-likeness (QED) is 0.155. The van der Waals surface area contributed by atoms with Crippen molar-refractivity contribution in [2.45, 2.75) is 10.8 Å². The van der Waals surface area contributed by atoms with Gasteiger partial charge >= 0.3 is 0 Å². The smallest absolute Gasteiger partial charge is 0.0714 e. The Labute approximate surface area is 377 Å². The summed E-state index contributed by atoms with van der Waals surface area (Å²) in [5.74, 6) is 0. The standard InChI is InChI=1S/C62H41NS/c1-5-21-42(22-6-1)61(43-23-7-2-8-24-43)54-35-18-15-31-51(54)59-55(61)36-20-37-56(59)63(46-27-11-4-12-28-46)57-38-19-32-50-49-40-39-45(41-58(49)64-60(50)57)62(44-25-9-3-10-26-44)52-33-16-13-29-47(52)48-30-14-17-34-53(48)62/h1-41H. The number of rotatable bonds is 7. The number of para-hydroxylation sites is 1. The Hall–Kier alpha value is -7.78. The second kappa shape index (κ2) is 14.4. The first kappa shape index (κ1) is 36.8. The van der Waals surface area contributed by atoms with Crippen LogP contribution >= 0.6 is 11.3 Å². The molecular formula is C62H41NS. The maximum atomic E-state index is 2.52. The Morgan fingerprint density at radius 3 is 1.36 bits per heavy atom. The molecule has 1 heterocycles. The summed E-state index contributed by atoms with van der Waals surface area (Å²) in [5.41, 5.74) is 18.0. The van der Waals surface area contributed by atoms with Gasteiger partial charge in [0.25, 0.3) is 0 Å². The zero-order chi connectivity index (χ0) is 42.2. The van der Waals surface area contributed by atoms with Gasteiger partial charge in [0.05, 0.1) is 26.9 Å². The third-order valence-electron chi connectivity index (χ3n) is 14.0. The highest BCUT2D eigenvalue weighted by molar-refractivity contribution is 7.26. The van der Waals surface area contributed by atoms with E-state index in [1.807, 2.05) is 11.3 Å². The van der Waals surface area contributed by atoms with Crippen molar-refractivity contribution in [3.05, 3.63) is 293 Å².